The molecule has 1 aromatic rings. The molecule has 0 saturated heterocycles. The Balaban J connectivity index is 1.88. The number of hydrogen-bond donors (Lipinski definition) is 1. The summed E-state index contributed by atoms with van der Waals surface area (Å²) in [5.74, 6) is 0.148. The molecular formula is C16H22BrNO2. The molecule has 110 valence electrons. The lowest BCUT2D eigenvalue weighted by Crippen LogP contribution is -2.44. The third-order valence-electron chi connectivity index (χ3n) is 4.13. The maximum atomic E-state index is 12.2. The quantitative estimate of drug-likeness (QED) is 0.837. The molecule has 1 aliphatic carbocycles. The summed E-state index contributed by atoms with van der Waals surface area (Å²) >= 11 is 3.42. The van der Waals surface area contributed by atoms with Crippen LogP contribution in [0.25, 0.3) is 0 Å². The molecule has 2 atom stereocenters. The Morgan fingerprint density at radius 1 is 1.35 bits per heavy atom. The van der Waals surface area contributed by atoms with Gasteiger partial charge in [0.15, 0.2) is 5.78 Å². The molecule has 0 aliphatic heterocycles. The van der Waals surface area contributed by atoms with Crippen molar-refractivity contribution in [1.82, 2.24) is 4.90 Å². The van der Waals surface area contributed by atoms with E-state index >= 15 is 0 Å². The number of carbonyl (C=O) groups is 1. The summed E-state index contributed by atoms with van der Waals surface area (Å²) < 4.78 is 0.852. The van der Waals surface area contributed by atoms with E-state index in [9.17, 15) is 9.90 Å². The molecule has 0 bridgehead atoms. The topological polar surface area (TPSA) is 40.5 Å². The normalized spacial score (nSPS) is 23.0. The van der Waals surface area contributed by atoms with Gasteiger partial charge in [-0.25, -0.2) is 0 Å². The highest BCUT2D eigenvalue weighted by Gasteiger charge is 2.26. The fraction of sp³-hybridized carbons (Fsp3) is 0.562. The summed E-state index contributed by atoms with van der Waals surface area (Å²) in [5.41, 5.74) is 0.741. The molecule has 20 heavy (non-hydrogen) atoms. The molecule has 1 aliphatic rings. The lowest BCUT2D eigenvalue weighted by Gasteiger charge is -2.35. The van der Waals surface area contributed by atoms with Crippen LogP contribution >= 0.6 is 15.9 Å². The van der Waals surface area contributed by atoms with Crippen molar-refractivity contribution >= 4 is 21.7 Å². The number of likely N-dealkylation sites (N-methyl/N-ethyl adjacent to an activating group) is 1. The molecule has 1 saturated carbocycles. The molecule has 0 heterocycles. The van der Waals surface area contributed by atoms with Crippen LogP contribution in [-0.4, -0.2) is 41.5 Å². The van der Waals surface area contributed by atoms with Gasteiger partial charge >= 0.3 is 0 Å². The van der Waals surface area contributed by atoms with Gasteiger partial charge in [0.05, 0.1) is 6.10 Å². The predicted molar refractivity (Wildman–Crippen MR) is 84.0 cm³/mol. The van der Waals surface area contributed by atoms with Crippen molar-refractivity contribution < 1.29 is 9.90 Å². The highest BCUT2D eigenvalue weighted by molar-refractivity contribution is 9.10. The van der Waals surface area contributed by atoms with Crippen molar-refractivity contribution in [1.29, 1.82) is 0 Å². The van der Waals surface area contributed by atoms with E-state index in [-0.39, 0.29) is 17.9 Å². The highest BCUT2D eigenvalue weighted by Crippen LogP contribution is 2.23. The van der Waals surface area contributed by atoms with Gasteiger partial charge in [0, 0.05) is 29.0 Å². The van der Waals surface area contributed by atoms with E-state index in [1.165, 1.54) is 6.42 Å². The monoisotopic (exact) mass is 339 g/mol. The summed E-state index contributed by atoms with van der Waals surface area (Å²) in [7, 11) is 2.01. The largest absolute Gasteiger partial charge is 0.391 e. The Hall–Kier alpha value is -0.710. The number of hydrogen-bond acceptors (Lipinski definition) is 3. The van der Waals surface area contributed by atoms with Gasteiger partial charge in [-0.15, -0.1) is 0 Å². The molecule has 0 amide bonds. The summed E-state index contributed by atoms with van der Waals surface area (Å²) in [6, 6.07) is 7.73. The Bertz CT molecular complexity index is 464. The van der Waals surface area contributed by atoms with Gasteiger partial charge in [-0.05, 0) is 26.0 Å². The van der Waals surface area contributed by atoms with E-state index in [2.05, 4.69) is 20.8 Å². The van der Waals surface area contributed by atoms with Gasteiger partial charge in [0.25, 0.3) is 0 Å². The number of Topliss-reactive ketones (excluding diaryl/α,β-unsaturated/α-hetero) is 1. The van der Waals surface area contributed by atoms with Crippen LogP contribution in [-0.2, 0) is 0 Å². The van der Waals surface area contributed by atoms with Crippen LogP contribution in [0.5, 0.6) is 0 Å². The van der Waals surface area contributed by atoms with Gasteiger partial charge in [0.2, 0.25) is 0 Å². The number of halogens is 1. The van der Waals surface area contributed by atoms with Crippen LogP contribution in [0.4, 0.5) is 0 Å². The molecule has 1 fully saturated rings. The Labute approximate surface area is 129 Å². The van der Waals surface area contributed by atoms with E-state index in [1.54, 1.807) is 0 Å². The van der Waals surface area contributed by atoms with Crippen molar-refractivity contribution in [3.63, 3.8) is 0 Å². The van der Waals surface area contributed by atoms with Gasteiger partial charge in [-0.1, -0.05) is 47.0 Å². The first-order valence-corrected chi connectivity index (χ1v) is 8.05. The lowest BCUT2D eigenvalue weighted by molar-refractivity contribution is 0.0315. The van der Waals surface area contributed by atoms with E-state index < -0.39 is 0 Å². The molecule has 3 nitrogen and oxygen atoms in total. The van der Waals surface area contributed by atoms with Crippen LogP contribution in [0.2, 0.25) is 0 Å². The zero-order valence-electron chi connectivity index (χ0n) is 11.9. The third kappa shape index (κ3) is 3.90. The molecular weight excluding hydrogens is 318 g/mol. The molecule has 4 heteroatoms. The predicted octanol–water partition coefficient (Wildman–Crippen LogP) is 3.26. The second-order valence-corrected chi connectivity index (χ2v) is 6.41. The first-order valence-electron chi connectivity index (χ1n) is 7.25. The summed E-state index contributed by atoms with van der Waals surface area (Å²) in [4.78, 5) is 14.4. The summed E-state index contributed by atoms with van der Waals surface area (Å²) in [5, 5.41) is 10.0. The SMILES string of the molecule is CN(CCC(=O)c1ccccc1Br)C1CCCCC1O. The molecule has 0 spiro atoms. The first-order chi connectivity index (χ1) is 9.59. The van der Waals surface area contributed by atoms with Crippen molar-refractivity contribution in [2.75, 3.05) is 13.6 Å². The van der Waals surface area contributed by atoms with Crippen molar-refractivity contribution in [3.8, 4) is 0 Å². The van der Waals surface area contributed by atoms with E-state index in [1.807, 2.05) is 31.3 Å². The van der Waals surface area contributed by atoms with Crippen molar-refractivity contribution in [3.05, 3.63) is 34.3 Å². The average Bonchev–Trinajstić information content (AvgIpc) is 2.45. The number of benzene rings is 1. The Morgan fingerprint density at radius 3 is 2.75 bits per heavy atom. The zero-order chi connectivity index (χ0) is 14.5. The minimum atomic E-state index is -0.243. The Morgan fingerprint density at radius 2 is 2.05 bits per heavy atom. The lowest BCUT2D eigenvalue weighted by atomic mass is 9.91. The smallest absolute Gasteiger partial charge is 0.165 e. The number of rotatable bonds is 5. The van der Waals surface area contributed by atoms with Gasteiger partial charge in [-0.3, -0.25) is 4.79 Å². The third-order valence-corrected chi connectivity index (χ3v) is 4.82. The molecule has 2 unspecified atom stereocenters. The van der Waals surface area contributed by atoms with Crippen LogP contribution in [0.1, 0.15) is 42.5 Å². The van der Waals surface area contributed by atoms with Crippen LogP contribution in [0.15, 0.2) is 28.7 Å². The fourth-order valence-electron chi connectivity index (χ4n) is 2.87. The molecule has 0 aromatic heterocycles. The molecule has 2 rings (SSSR count). The number of ketones is 1. The molecule has 1 aromatic carbocycles. The van der Waals surface area contributed by atoms with Crippen LogP contribution < -0.4 is 0 Å². The Kier molecular flexibility index (Phi) is 5.75. The highest BCUT2D eigenvalue weighted by atomic mass is 79.9. The summed E-state index contributed by atoms with van der Waals surface area (Å²) in [6.45, 7) is 0.696. The zero-order valence-corrected chi connectivity index (χ0v) is 13.5. The van der Waals surface area contributed by atoms with Crippen molar-refractivity contribution in [2.24, 2.45) is 0 Å². The van der Waals surface area contributed by atoms with E-state index in [0.717, 1.165) is 29.3 Å². The first kappa shape index (κ1) is 15.7. The van der Waals surface area contributed by atoms with Crippen molar-refractivity contribution in [2.45, 2.75) is 44.2 Å². The minimum absolute atomic E-state index is 0.148. The number of aliphatic hydroxyl groups is 1. The second kappa shape index (κ2) is 7.34. The van der Waals surface area contributed by atoms with Crippen LogP contribution in [0, 0.1) is 0 Å². The average molecular weight is 340 g/mol. The van der Waals surface area contributed by atoms with Gasteiger partial charge in [-0.2, -0.15) is 0 Å². The fourth-order valence-corrected chi connectivity index (χ4v) is 3.38. The summed E-state index contributed by atoms with van der Waals surface area (Å²) in [6.07, 6.45) is 4.44. The van der Waals surface area contributed by atoms with Crippen LogP contribution in [0.3, 0.4) is 0 Å². The second-order valence-electron chi connectivity index (χ2n) is 5.55. The maximum Gasteiger partial charge on any atom is 0.165 e. The van der Waals surface area contributed by atoms with E-state index in [4.69, 9.17) is 0 Å². The standard InChI is InChI=1S/C16H22BrNO2/c1-18(14-8-4-5-9-16(14)20)11-10-15(19)12-6-2-3-7-13(12)17/h2-3,6-7,14,16,20H,4-5,8-11H2,1H3. The number of aliphatic hydroxyl groups excluding tert-OH is 1. The van der Waals surface area contributed by atoms with Gasteiger partial charge in [0.1, 0.15) is 0 Å². The molecule has 0 radical (unpaired) electrons. The maximum absolute atomic E-state index is 12.2. The minimum Gasteiger partial charge on any atom is -0.391 e. The van der Waals surface area contributed by atoms with E-state index in [0.29, 0.717) is 13.0 Å². The number of carbonyl (C=O) groups excluding carboxylic acids is 1. The number of nitrogens with zero attached hydrogens (tertiary/aromatic N) is 1. The molecule has 1 N–H and O–H groups in total. The van der Waals surface area contributed by atoms with Gasteiger partial charge < -0.3 is 10.0 Å².